The van der Waals surface area contributed by atoms with Crippen LogP contribution in [0.25, 0.3) is 10.1 Å². The van der Waals surface area contributed by atoms with Gasteiger partial charge >= 0.3 is 5.97 Å². The largest absolute Gasteiger partial charge is 0.478 e. The highest BCUT2D eigenvalue weighted by Gasteiger charge is 2.10. The molecular weight excluding hydrogens is 260 g/mol. The van der Waals surface area contributed by atoms with Crippen molar-refractivity contribution in [3.05, 3.63) is 53.5 Å². The number of nitrogens with zero attached hydrogens (tertiary/aromatic N) is 1. The number of nitrogens with one attached hydrogen (secondary N) is 1. The van der Waals surface area contributed by atoms with E-state index in [4.69, 9.17) is 5.11 Å². The van der Waals surface area contributed by atoms with Gasteiger partial charge in [0.05, 0.1) is 0 Å². The van der Waals surface area contributed by atoms with E-state index < -0.39 is 5.97 Å². The van der Waals surface area contributed by atoms with Crippen molar-refractivity contribution >= 4 is 38.9 Å². The summed E-state index contributed by atoms with van der Waals surface area (Å²) in [5.41, 5.74) is 0.986. The van der Waals surface area contributed by atoms with Crippen LogP contribution in [0, 0.1) is 0 Å². The van der Waals surface area contributed by atoms with Crippen LogP contribution in [0.3, 0.4) is 0 Å². The van der Waals surface area contributed by atoms with Crippen LogP contribution < -0.4 is 5.32 Å². The molecule has 94 valence electrons. The Labute approximate surface area is 113 Å². The fourth-order valence-corrected chi connectivity index (χ4v) is 2.63. The molecule has 0 bridgehead atoms. The van der Waals surface area contributed by atoms with Crippen molar-refractivity contribution in [2.75, 3.05) is 5.32 Å². The van der Waals surface area contributed by atoms with Crippen LogP contribution in [-0.4, -0.2) is 16.1 Å². The van der Waals surface area contributed by atoms with Crippen molar-refractivity contribution in [3.8, 4) is 0 Å². The molecule has 3 rings (SSSR count). The number of pyridine rings is 1. The molecule has 1 aromatic carbocycles. The molecule has 2 aromatic heterocycles. The lowest BCUT2D eigenvalue weighted by Crippen LogP contribution is -2.04. The molecule has 0 spiro atoms. The summed E-state index contributed by atoms with van der Waals surface area (Å²) in [6.45, 7) is 0. The molecule has 0 amide bonds. The third kappa shape index (κ3) is 2.28. The fraction of sp³-hybridized carbons (Fsp3) is 0. The lowest BCUT2D eigenvalue weighted by atomic mass is 10.2. The maximum atomic E-state index is 11.1. The fourth-order valence-electron chi connectivity index (χ4n) is 1.86. The lowest BCUT2D eigenvalue weighted by Gasteiger charge is -2.08. The standard InChI is InChI=1S/C14H10N2O2S/c17-14(18)11-2-1-6-15-13(11)16-10-3-4-12-9(8-10)5-7-19-12/h1-8H,(H,15,16)(H,17,18). The minimum atomic E-state index is -0.993. The van der Waals surface area contributed by atoms with Crippen molar-refractivity contribution in [1.29, 1.82) is 0 Å². The molecule has 0 fully saturated rings. The average Bonchev–Trinajstić information content (AvgIpc) is 2.86. The van der Waals surface area contributed by atoms with Crippen molar-refractivity contribution in [3.63, 3.8) is 0 Å². The van der Waals surface area contributed by atoms with Gasteiger partial charge in [-0.2, -0.15) is 0 Å². The van der Waals surface area contributed by atoms with E-state index in [1.54, 1.807) is 23.6 Å². The number of aromatic nitrogens is 1. The van der Waals surface area contributed by atoms with Gasteiger partial charge in [0, 0.05) is 16.6 Å². The second-order valence-electron chi connectivity index (χ2n) is 4.00. The van der Waals surface area contributed by atoms with Crippen LogP contribution in [0.5, 0.6) is 0 Å². The molecule has 3 aromatic rings. The van der Waals surface area contributed by atoms with E-state index in [1.165, 1.54) is 10.8 Å². The Balaban J connectivity index is 1.98. The van der Waals surface area contributed by atoms with Crippen LogP contribution in [-0.2, 0) is 0 Å². The van der Waals surface area contributed by atoms with Gasteiger partial charge in [-0.3, -0.25) is 0 Å². The normalized spacial score (nSPS) is 10.5. The van der Waals surface area contributed by atoms with Gasteiger partial charge in [-0.15, -0.1) is 11.3 Å². The number of carbonyl (C=O) groups is 1. The molecule has 0 radical (unpaired) electrons. The van der Waals surface area contributed by atoms with E-state index in [2.05, 4.69) is 10.3 Å². The molecule has 0 unspecified atom stereocenters. The number of hydrogen-bond acceptors (Lipinski definition) is 4. The molecule has 4 nitrogen and oxygen atoms in total. The van der Waals surface area contributed by atoms with Gasteiger partial charge in [-0.05, 0) is 47.2 Å². The Kier molecular flexibility index (Phi) is 2.89. The number of hydrogen-bond donors (Lipinski definition) is 2. The Morgan fingerprint density at radius 2 is 2.16 bits per heavy atom. The summed E-state index contributed by atoms with van der Waals surface area (Å²) in [5.74, 6) is -0.642. The van der Waals surface area contributed by atoms with E-state index in [0.717, 1.165) is 11.1 Å². The smallest absolute Gasteiger partial charge is 0.339 e. The maximum absolute atomic E-state index is 11.1. The number of carboxylic acid groups (broad SMARTS) is 1. The van der Waals surface area contributed by atoms with Crippen molar-refractivity contribution in [2.45, 2.75) is 0 Å². The van der Waals surface area contributed by atoms with E-state index >= 15 is 0 Å². The Morgan fingerprint density at radius 1 is 1.26 bits per heavy atom. The van der Waals surface area contributed by atoms with Crippen LogP contribution in [0.4, 0.5) is 11.5 Å². The van der Waals surface area contributed by atoms with E-state index in [-0.39, 0.29) is 5.56 Å². The second-order valence-corrected chi connectivity index (χ2v) is 4.95. The number of thiophene rings is 1. The average molecular weight is 270 g/mol. The number of aromatic carboxylic acids is 1. The van der Waals surface area contributed by atoms with E-state index in [1.807, 2.05) is 29.6 Å². The second kappa shape index (κ2) is 4.70. The molecular formula is C14H10N2O2S. The minimum Gasteiger partial charge on any atom is -0.478 e. The SMILES string of the molecule is O=C(O)c1cccnc1Nc1ccc2sccc2c1. The maximum Gasteiger partial charge on any atom is 0.339 e. The summed E-state index contributed by atoms with van der Waals surface area (Å²) < 4.78 is 1.20. The van der Waals surface area contributed by atoms with Crippen LogP contribution in [0.2, 0.25) is 0 Å². The number of fused-ring (bicyclic) bond motifs is 1. The molecule has 19 heavy (non-hydrogen) atoms. The van der Waals surface area contributed by atoms with Gasteiger partial charge in [-0.25, -0.2) is 9.78 Å². The Morgan fingerprint density at radius 3 is 3.00 bits per heavy atom. The van der Waals surface area contributed by atoms with Crippen LogP contribution in [0.15, 0.2) is 48.0 Å². The summed E-state index contributed by atoms with van der Waals surface area (Å²) in [7, 11) is 0. The summed E-state index contributed by atoms with van der Waals surface area (Å²) in [6.07, 6.45) is 1.57. The van der Waals surface area contributed by atoms with Crippen molar-refractivity contribution in [1.82, 2.24) is 4.98 Å². The van der Waals surface area contributed by atoms with Crippen LogP contribution >= 0.6 is 11.3 Å². The molecule has 0 aliphatic rings. The first-order valence-corrected chi connectivity index (χ1v) is 6.54. The zero-order chi connectivity index (χ0) is 13.2. The highest BCUT2D eigenvalue weighted by molar-refractivity contribution is 7.17. The minimum absolute atomic E-state index is 0.160. The van der Waals surface area contributed by atoms with E-state index in [9.17, 15) is 4.79 Å². The summed E-state index contributed by atoms with van der Waals surface area (Å²) in [5, 5.41) is 15.3. The molecule has 2 heterocycles. The monoisotopic (exact) mass is 270 g/mol. The van der Waals surface area contributed by atoms with Gasteiger partial charge in [0.2, 0.25) is 0 Å². The Hall–Kier alpha value is -2.40. The predicted octanol–water partition coefficient (Wildman–Crippen LogP) is 3.74. The van der Waals surface area contributed by atoms with E-state index in [0.29, 0.717) is 5.82 Å². The molecule has 0 aliphatic heterocycles. The molecule has 2 N–H and O–H groups in total. The topological polar surface area (TPSA) is 62.2 Å². The molecule has 0 atom stereocenters. The third-order valence-electron chi connectivity index (χ3n) is 2.75. The number of carboxylic acids is 1. The first kappa shape index (κ1) is 11.7. The molecule has 0 saturated carbocycles. The van der Waals surface area contributed by atoms with Crippen molar-refractivity contribution in [2.24, 2.45) is 0 Å². The lowest BCUT2D eigenvalue weighted by molar-refractivity contribution is 0.0697. The van der Waals surface area contributed by atoms with Crippen molar-refractivity contribution < 1.29 is 9.90 Å². The van der Waals surface area contributed by atoms with Gasteiger partial charge in [-0.1, -0.05) is 0 Å². The number of rotatable bonds is 3. The highest BCUT2D eigenvalue weighted by Crippen LogP contribution is 2.26. The van der Waals surface area contributed by atoms with Gasteiger partial charge in [0.1, 0.15) is 11.4 Å². The third-order valence-corrected chi connectivity index (χ3v) is 3.65. The quantitative estimate of drug-likeness (QED) is 0.761. The van der Waals surface area contributed by atoms with Gasteiger partial charge in [0.15, 0.2) is 0 Å². The summed E-state index contributed by atoms with van der Waals surface area (Å²) >= 11 is 1.67. The zero-order valence-electron chi connectivity index (χ0n) is 9.83. The molecule has 0 saturated heterocycles. The van der Waals surface area contributed by atoms with Crippen LogP contribution in [0.1, 0.15) is 10.4 Å². The Bertz CT molecular complexity index is 752. The summed E-state index contributed by atoms with van der Waals surface area (Å²) in [6, 6.07) is 11.1. The predicted molar refractivity (Wildman–Crippen MR) is 76.3 cm³/mol. The number of benzene rings is 1. The van der Waals surface area contributed by atoms with Gasteiger partial charge in [0.25, 0.3) is 0 Å². The first-order chi connectivity index (χ1) is 9.24. The molecule has 5 heteroatoms. The summed E-state index contributed by atoms with van der Waals surface area (Å²) in [4.78, 5) is 15.2. The zero-order valence-corrected chi connectivity index (χ0v) is 10.6. The highest BCUT2D eigenvalue weighted by atomic mass is 32.1. The first-order valence-electron chi connectivity index (χ1n) is 5.66. The molecule has 0 aliphatic carbocycles. The van der Waals surface area contributed by atoms with Gasteiger partial charge < -0.3 is 10.4 Å². The number of anilines is 2.